The molecule has 38 heavy (non-hydrogen) atoms. The SMILES string of the molecule is COc1cc(/C=C(/C#N)C(=O)NCCc2c[nH]c3ccccc23)c(Br)cc1OCc1ccc(C(=O)O)cc1. The molecule has 0 aliphatic rings. The van der Waals surface area contributed by atoms with Crippen LogP contribution in [0.4, 0.5) is 0 Å². The number of carbonyl (C=O) groups excluding carboxylic acids is 1. The number of rotatable bonds is 10. The zero-order chi connectivity index (χ0) is 27.1. The number of aromatic carboxylic acids is 1. The van der Waals surface area contributed by atoms with Crippen molar-refractivity contribution in [1.29, 1.82) is 5.26 Å². The lowest BCUT2D eigenvalue weighted by atomic mass is 10.1. The van der Waals surface area contributed by atoms with Gasteiger partial charge in [-0.25, -0.2) is 4.79 Å². The number of ether oxygens (including phenoxy) is 2. The molecule has 1 aromatic heterocycles. The van der Waals surface area contributed by atoms with Crippen molar-refractivity contribution >= 4 is 44.8 Å². The Morgan fingerprint density at radius 3 is 2.61 bits per heavy atom. The van der Waals surface area contributed by atoms with Gasteiger partial charge in [-0.15, -0.1) is 0 Å². The largest absolute Gasteiger partial charge is 0.493 e. The highest BCUT2D eigenvalue weighted by Gasteiger charge is 2.14. The maximum atomic E-state index is 12.7. The Bertz CT molecular complexity index is 1550. The summed E-state index contributed by atoms with van der Waals surface area (Å²) in [5.41, 5.74) is 3.63. The van der Waals surface area contributed by atoms with Gasteiger partial charge in [0.1, 0.15) is 18.2 Å². The third-order valence-corrected chi connectivity index (χ3v) is 6.58. The number of nitrogens with one attached hydrogen (secondary N) is 2. The topological polar surface area (TPSA) is 124 Å². The number of fused-ring (bicyclic) bond motifs is 1. The van der Waals surface area contributed by atoms with Crippen molar-refractivity contribution in [1.82, 2.24) is 10.3 Å². The molecule has 3 aromatic carbocycles. The predicted molar refractivity (Wildman–Crippen MR) is 147 cm³/mol. The minimum atomic E-state index is -0.994. The van der Waals surface area contributed by atoms with E-state index in [9.17, 15) is 14.9 Å². The minimum absolute atomic E-state index is 0.0427. The van der Waals surface area contributed by atoms with Crippen molar-refractivity contribution in [2.24, 2.45) is 0 Å². The number of hydrogen-bond acceptors (Lipinski definition) is 5. The molecule has 192 valence electrons. The fourth-order valence-corrected chi connectivity index (χ4v) is 4.32. The predicted octanol–water partition coefficient (Wildman–Crippen LogP) is 5.48. The smallest absolute Gasteiger partial charge is 0.335 e. The molecule has 0 aliphatic carbocycles. The van der Waals surface area contributed by atoms with Crippen LogP contribution in [-0.2, 0) is 17.8 Å². The number of benzene rings is 3. The Labute approximate surface area is 227 Å². The van der Waals surface area contributed by atoms with Gasteiger partial charge in [0.2, 0.25) is 0 Å². The Kier molecular flexibility index (Phi) is 8.46. The van der Waals surface area contributed by atoms with Crippen LogP contribution in [0.5, 0.6) is 11.5 Å². The standard InChI is InChI=1S/C29H24BrN3O5/c1-37-26-13-21(24(30)14-27(26)38-17-18-6-8-19(9-7-18)29(35)36)12-22(15-31)28(34)32-11-10-20-16-33-25-5-3-2-4-23(20)25/h2-9,12-14,16,33H,10-11,17H2,1H3,(H,32,34)(H,35,36)/b22-12-. The summed E-state index contributed by atoms with van der Waals surface area (Å²) in [7, 11) is 1.49. The van der Waals surface area contributed by atoms with Gasteiger partial charge < -0.3 is 24.9 Å². The Balaban J connectivity index is 1.42. The van der Waals surface area contributed by atoms with Crippen LogP contribution in [0.15, 0.2) is 76.9 Å². The van der Waals surface area contributed by atoms with E-state index in [0.717, 1.165) is 22.0 Å². The van der Waals surface area contributed by atoms with Crippen molar-refractivity contribution < 1.29 is 24.2 Å². The second kappa shape index (κ2) is 12.1. The summed E-state index contributed by atoms with van der Waals surface area (Å²) < 4.78 is 11.9. The minimum Gasteiger partial charge on any atom is -0.493 e. The van der Waals surface area contributed by atoms with Crippen LogP contribution < -0.4 is 14.8 Å². The van der Waals surface area contributed by atoms with Crippen LogP contribution in [0.1, 0.15) is 27.0 Å². The number of H-pyrrole nitrogens is 1. The molecule has 0 spiro atoms. The molecule has 0 atom stereocenters. The van der Waals surface area contributed by atoms with Crippen molar-refractivity contribution in [2.75, 3.05) is 13.7 Å². The third kappa shape index (κ3) is 6.22. The molecule has 4 rings (SSSR count). The summed E-state index contributed by atoms with van der Waals surface area (Å²) in [6.45, 7) is 0.574. The normalized spacial score (nSPS) is 11.1. The summed E-state index contributed by atoms with van der Waals surface area (Å²) in [5.74, 6) is -0.603. The Morgan fingerprint density at radius 2 is 1.89 bits per heavy atom. The number of aromatic amines is 1. The van der Waals surface area contributed by atoms with Gasteiger partial charge >= 0.3 is 5.97 Å². The Morgan fingerprint density at radius 1 is 1.13 bits per heavy atom. The number of carboxylic acid groups (broad SMARTS) is 1. The van der Waals surface area contributed by atoms with Gasteiger partial charge in [0.25, 0.3) is 5.91 Å². The highest BCUT2D eigenvalue weighted by Crippen LogP contribution is 2.35. The molecule has 0 saturated carbocycles. The van der Waals surface area contributed by atoms with E-state index in [1.807, 2.05) is 36.5 Å². The molecule has 0 aliphatic heterocycles. The van der Waals surface area contributed by atoms with Crippen molar-refractivity contribution in [3.8, 4) is 17.6 Å². The zero-order valence-corrected chi connectivity index (χ0v) is 22.0. The first-order chi connectivity index (χ1) is 18.4. The number of nitriles is 1. The molecule has 4 aromatic rings. The molecule has 1 amide bonds. The average molecular weight is 574 g/mol. The van der Waals surface area contributed by atoms with Crippen molar-refractivity contribution in [2.45, 2.75) is 13.0 Å². The molecule has 9 heteroatoms. The fraction of sp³-hybridized carbons (Fsp3) is 0.138. The highest BCUT2D eigenvalue weighted by atomic mass is 79.9. The van der Waals surface area contributed by atoms with E-state index in [-0.39, 0.29) is 17.7 Å². The number of para-hydroxylation sites is 1. The second-order valence-electron chi connectivity index (χ2n) is 8.35. The van der Waals surface area contributed by atoms with Crippen LogP contribution in [0.2, 0.25) is 0 Å². The number of hydrogen-bond donors (Lipinski definition) is 3. The monoisotopic (exact) mass is 573 g/mol. The van der Waals surface area contributed by atoms with E-state index in [4.69, 9.17) is 14.6 Å². The quantitative estimate of drug-likeness (QED) is 0.170. The first-order valence-corrected chi connectivity index (χ1v) is 12.5. The Hall–Kier alpha value is -4.55. The molecule has 0 unspecified atom stereocenters. The maximum absolute atomic E-state index is 12.7. The van der Waals surface area contributed by atoms with Gasteiger partial charge in [0.05, 0.1) is 12.7 Å². The number of carbonyl (C=O) groups is 2. The molecule has 0 bridgehead atoms. The number of halogens is 1. The maximum Gasteiger partial charge on any atom is 0.335 e. The van der Waals surface area contributed by atoms with Crippen molar-refractivity contribution in [3.05, 3.63) is 99.2 Å². The lowest BCUT2D eigenvalue weighted by molar-refractivity contribution is -0.117. The summed E-state index contributed by atoms with van der Waals surface area (Å²) in [6, 6.07) is 19.7. The first kappa shape index (κ1) is 26.5. The molecule has 8 nitrogen and oxygen atoms in total. The average Bonchev–Trinajstić information content (AvgIpc) is 3.34. The van der Waals surface area contributed by atoms with Gasteiger partial charge in [0.15, 0.2) is 11.5 Å². The number of aromatic nitrogens is 1. The van der Waals surface area contributed by atoms with Gasteiger partial charge in [-0.1, -0.05) is 46.3 Å². The number of nitrogens with zero attached hydrogens (tertiary/aromatic N) is 1. The van der Waals surface area contributed by atoms with Crippen LogP contribution in [0.3, 0.4) is 0 Å². The van der Waals surface area contributed by atoms with E-state index >= 15 is 0 Å². The molecule has 0 radical (unpaired) electrons. The third-order valence-electron chi connectivity index (χ3n) is 5.90. The molecule has 0 fully saturated rings. The fourth-order valence-electron chi connectivity index (χ4n) is 3.89. The van der Waals surface area contributed by atoms with Gasteiger partial charge in [0, 0.05) is 28.1 Å². The summed E-state index contributed by atoms with van der Waals surface area (Å²) in [6.07, 6.45) is 4.04. The number of carboxylic acids is 1. The van der Waals surface area contributed by atoms with Gasteiger partial charge in [-0.05, 0) is 59.5 Å². The van der Waals surface area contributed by atoms with Crippen LogP contribution in [-0.4, -0.2) is 35.6 Å². The van der Waals surface area contributed by atoms with Crippen LogP contribution in [0, 0.1) is 11.3 Å². The van der Waals surface area contributed by atoms with E-state index < -0.39 is 11.9 Å². The van der Waals surface area contributed by atoms with E-state index in [1.165, 1.54) is 25.3 Å². The van der Waals surface area contributed by atoms with E-state index in [1.54, 1.807) is 24.3 Å². The van der Waals surface area contributed by atoms with E-state index in [2.05, 4.69) is 26.2 Å². The van der Waals surface area contributed by atoms with Gasteiger partial charge in [-0.3, -0.25) is 4.79 Å². The molecular weight excluding hydrogens is 550 g/mol. The summed E-state index contributed by atoms with van der Waals surface area (Å²) in [5, 5.41) is 22.6. The molecule has 0 saturated heterocycles. The second-order valence-corrected chi connectivity index (χ2v) is 9.20. The molecule has 1 heterocycles. The summed E-state index contributed by atoms with van der Waals surface area (Å²) in [4.78, 5) is 26.9. The highest BCUT2D eigenvalue weighted by molar-refractivity contribution is 9.10. The zero-order valence-electron chi connectivity index (χ0n) is 20.5. The summed E-state index contributed by atoms with van der Waals surface area (Å²) >= 11 is 3.48. The van der Waals surface area contributed by atoms with E-state index in [0.29, 0.717) is 34.5 Å². The van der Waals surface area contributed by atoms with Gasteiger partial charge in [-0.2, -0.15) is 5.26 Å². The number of methoxy groups -OCH3 is 1. The van der Waals surface area contributed by atoms with Crippen LogP contribution >= 0.6 is 15.9 Å². The van der Waals surface area contributed by atoms with Crippen molar-refractivity contribution in [3.63, 3.8) is 0 Å². The molecular formula is C29H24BrN3O5. The van der Waals surface area contributed by atoms with Crippen LogP contribution in [0.25, 0.3) is 17.0 Å². The first-order valence-electron chi connectivity index (χ1n) is 11.7. The number of amides is 1. The lowest BCUT2D eigenvalue weighted by Crippen LogP contribution is -2.26. The molecule has 3 N–H and O–H groups in total. The lowest BCUT2D eigenvalue weighted by Gasteiger charge is -2.13.